The summed E-state index contributed by atoms with van der Waals surface area (Å²) in [7, 11) is 3.30. The van der Waals surface area contributed by atoms with E-state index in [2.05, 4.69) is 19.9 Å². The van der Waals surface area contributed by atoms with Gasteiger partial charge in [0.05, 0.1) is 12.2 Å². The van der Waals surface area contributed by atoms with Crippen molar-refractivity contribution in [1.29, 1.82) is 0 Å². The normalized spacial score (nSPS) is 16.2. The van der Waals surface area contributed by atoms with Crippen molar-refractivity contribution in [3.8, 4) is 5.75 Å². The first kappa shape index (κ1) is 24.0. The predicted octanol–water partition coefficient (Wildman–Crippen LogP) is 0.806. The number of piperazine rings is 1. The molecule has 3 aromatic rings. The van der Waals surface area contributed by atoms with E-state index in [1.165, 1.54) is 54.8 Å². The van der Waals surface area contributed by atoms with Crippen molar-refractivity contribution in [1.82, 2.24) is 34.6 Å². The van der Waals surface area contributed by atoms with E-state index in [-0.39, 0.29) is 30.5 Å². The molecule has 0 saturated carbocycles. The number of rotatable bonds is 5. The van der Waals surface area contributed by atoms with Gasteiger partial charge in [0.15, 0.2) is 5.69 Å². The van der Waals surface area contributed by atoms with Crippen LogP contribution >= 0.6 is 0 Å². The van der Waals surface area contributed by atoms with Gasteiger partial charge in [0.1, 0.15) is 17.3 Å². The van der Waals surface area contributed by atoms with E-state index in [1.54, 1.807) is 4.90 Å². The van der Waals surface area contributed by atoms with Crippen LogP contribution in [0, 0.1) is 5.82 Å². The zero-order chi connectivity index (χ0) is 25.1. The number of nitrogens with one attached hydrogen (secondary N) is 1. The molecule has 1 atom stereocenters. The molecule has 1 saturated heterocycles. The number of likely N-dealkylation sites (N-methyl/N-ethyl adjacent to an activating group) is 1. The Morgan fingerprint density at radius 2 is 1.97 bits per heavy atom. The number of nitrogens with zero attached hydrogens (tertiary/aromatic N) is 6. The SMILES string of the molecule is CN(Cc1ccc(F)cc1)C(=O)c1nc(C2CN(C(=O)c3cnccn3)CCN2C)[nH]c(=O)c1O. The molecule has 2 N–H and O–H groups in total. The van der Waals surface area contributed by atoms with Crippen molar-refractivity contribution in [3.05, 3.63) is 81.8 Å². The average molecular weight is 481 g/mol. The molecule has 0 aliphatic carbocycles. The van der Waals surface area contributed by atoms with Gasteiger partial charge in [-0.15, -0.1) is 0 Å². The molecular weight excluding hydrogens is 457 g/mol. The second kappa shape index (κ2) is 9.97. The van der Waals surface area contributed by atoms with Crippen molar-refractivity contribution < 1.29 is 19.1 Å². The molecule has 1 aromatic carbocycles. The third-order valence-electron chi connectivity index (χ3n) is 5.83. The molecule has 1 fully saturated rings. The van der Waals surface area contributed by atoms with Crippen molar-refractivity contribution in [3.63, 3.8) is 0 Å². The first-order chi connectivity index (χ1) is 16.7. The topological polar surface area (TPSA) is 136 Å². The number of aromatic amines is 1. The molecular formula is C23H24FN7O4. The fraction of sp³-hybridized carbons (Fsp3) is 0.304. The molecule has 3 heterocycles. The summed E-state index contributed by atoms with van der Waals surface area (Å²) >= 11 is 0. The molecule has 1 aliphatic rings. The van der Waals surface area contributed by atoms with Gasteiger partial charge in [0.25, 0.3) is 17.4 Å². The first-order valence-corrected chi connectivity index (χ1v) is 10.8. The van der Waals surface area contributed by atoms with Gasteiger partial charge < -0.3 is 19.9 Å². The molecule has 11 nitrogen and oxygen atoms in total. The number of H-pyrrole nitrogens is 1. The highest BCUT2D eigenvalue weighted by Gasteiger charge is 2.33. The highest BCUT2D eigenvalue weighted by atomic mass is 19.1. The summed E-state index contributed by atoms with van der Waals surface area (Å²) in [6, 6.07) is 5.10. The average Bonchev–Trinajstić information content (AvgIpc) is 2.87. The van der Waals surface area contributed by atoms with Gasteiger partial charge in [-0.05, 0) is 24.7 Å². The number of carbonyl (C=O) groups excluding carboxylic acids is 2. The first-order valence-electron chi connectivity index (χ1n) is 10.8. The predicted molar refractivity (Wildman–Crippen MR) is 122 cm³/mol. The van der Waals surface area contributed by atoms with Gasteiger partial charge in [-0.2, -0.15) is 0 Å². The molecule has 2 aromatic heterocycles. The Morgan fingerprint density at radius 3 is 2.66 bits per heavy atom. The maximum absolute atomic E-state index is 13.2. The molecule has 35 heavy (non-hydrogen) atoms. The summed E-state index contributed by atoms with van der Waals surface area (Å²) in [6.45, 7) is 1.21. The Morgan fingerprint density at radius 1 is 1.23 bits per heavy atom. The van der Waals surface area contributed by atoms with Crippen molar-refractivity contribution in [2.75, 3.05) is 33.7 Å². The second-order valence-electron chi connectivity index (χ2n) is 8.27. The van der Waals surface area contributed by atoms with Crippen LogP contribution in [0.25, 0.3) is 0 Å². The zero-order valence-electron chi connectivity index (χ0n) is 19.2. The third-order valence-corrected chi connectivity index (χ3v) is 5.83. The summed E-state index contributed by atoms with van der Waals surface area (Å²) in [4.78, 5) is 57.9. The quantitative estimate of drug-likeness (QED) is 0.547. The summed E-state index contributed by atoms with van der Waals surface area (Å²) < 4.78 is 13.2. The summed E-state index contributed by atoms with van der Waals surface area (Å²) in [6.07, 6.45) is 4.28. The lowest BCUT2D eigenvalue weighted by molar-refractivity contribution is 0.0524. The van der Waals surface area contributed by atoms with Crippen LogP contribution in [0.2, 0.25) is 0 Å². The fourth-order valence-corrected chi connectivity index (χ4v) is 3.83. The smallest absolute Gasteiger partial charge is 0.293 e. The van der Waals surface area contributed by atoms with Crippen LogP contribution in [0.4, 0.5) is 4.39 Å². The number of aromatic nitrogens is 4. The Kier molecular flexibility index (Phi) is 6.82. The number of halogens is 1. The van der Waals surface area contributed by atoms with E-state index in [9.17, 15) is 23.9 Å². The molecule has 0 spiro atoms. The number of aromatic hydroxyl groups is 1. The van der Waals surface area contributed by atoms with Crippen LogP contribution in [0.5, 0.6) is 5.75 Å². The molecule has 1 unspecified atom stereocenters. The third kappa shape index (κ3) is 5.17. The molecule has 12 heteroatoms. The summed E-state index contributed by atoms with van der Waals surface area (Å²) in [5.41, 5.74) is -0.406. The van der Waals surface area contributed by atoms with Crippen LogP contribution in [0.15, 0.2) is 47.7 Å². The zero-order valence-corrected chi connectivity index (χ0v) is 19.2. The van der Waals surface area contributed by atoms with Gasteiger partial charge in [0.2, 0.25) is 5.75 Å². The maximum atomic E-state index is 13.2. The lowest BCUT2D eigenvalue weighted by atomic mass is 10.1. The Hall–Kier alpha value is -4.19. The molecule has 1 aliphatic heterocycles. The lowest BCUT2D eigenvalue weighted by Crippen LogP contribution is -2.50. The Labute approximate surface area is 199 Å². The fourth-order valence-electron chi connectivity index (χ4n) is 3.83. The summed E-state index contributed by atoms with van der Waals surface area (Å²) in [5.74, 6) is -2.04. The van der Waals surface area contributed by atoms with E-state index in [0.717, 1.165) is 0 Å². The van der Waals surface area contributed by atoms with Crippen LogP contribution < -0.4 is 5.56 Å². The molecule has 0 bridgehead atoms. The van der Waals surface area contributed by atoms with E-state index < -0.39 is 34.8 Å². The lowest BCUT2D eigenvalue weighted by Gasteiger charge is -2.38. The highest BCUT2D eigenvalue weighted by Crippen LogP contribution is 2.23. The van der Waals surface area contributed by atoms with Crippen molar-refractivity contribution in [2.24, 2.45) is 0 Å². The second-order valence-corrected chi connectivity index (χ2v) is 8.27. The van der Waals surface area contributed by atoms with Gasteiger partial charge in [-0.1, -0.05) is 12.1 Å². The molecule has 182 valence electrons. The number of amides is 2. The van der Waals surface area contributed by atoms with Crippen molar-refractivity contribution >= 4 is 11.8 Å². The highest BCUT2D eigenvalue weighted by molar-refractivity contribution is 5.94. The minimum Gasteiger partial charge on any atom is -0.501 e. The standard InChI is InChI=1S/C23H24FN7O4/c1-29-9-10-31(22(34)16-11-25-7-8-26-16)13-17(29)20-27-18(19(32)21(33)28-20)23(35)30(2)12-14-3-5-15(24)6-4-14/h3-8,11,17,32H,9-10,12-13H2,1-2H3,(H,27,28,33). The molecule has 0 radical (unpaired) electrons. The Bertz CT molecular complexity index is 1280. The minimum atomic E-state index is -0.862. The largest absolute Gasteiger partial charge is 0.501 e. The van der Waals surface area contributed by atoms with E-state index >= 15 is 0 Å². The monoisotopic (exact) mass is 481 g/mol. The molecule has 2 amide bonds. The van der Waals surface area contributed by atoms with E-state index in [0.29, 0.717) is 18.7 Å². The van der Waals surface area contributed by atoms with Crippen molar-refractivity contribution in [2.45, 2.75) is 12.6 Å². The number of hydrogen-bond acceptors (Lipinski definition) is 8. The van der Waals surface area contributed by atoms with Gasteiger partial charge in [-0.3, -0.25) is 24.3 Å². The van der Waals surface area contributed by atoms with Crippen LogP contribution in [0.3, 0.4) is 0 Å². The van der Waals surface area contributed by atoms with Gasteiger partial charge in [0, 0.05) is 45.6 Å². The number of carbonyl (C=O) groups is 2. The van der Waals surface area contributed by atoms with Crippen LogP contribution in [0.1, 0.15) is 38.4 Å². The maximum Gasteiger partial charge on any atom is 0.293 e. The van der Waals surface area contributed by atoms with Gasteiger partial charge in [-0.25, -0.2) is 14.4 Å². The van der Waals surface area contributed by atoms with E-state index in [1.807, 2.05) is 11.9 Å². The summed E-state index contributed by atoms with van der Waals surface area (Å²) in [5, 5.41) is 10.3. The minimum absolute atomic E-state index is 0.117. The van der Waals surface area contributed by atoms with Gasteiger partial charge >= 0.3 is 0 Å². The van der Waals surface area contributed by atoms with E-state index in [4.69, 9.17) is 0 Å². The molecule has 4 rings (SSSR count). The van der Waals surface area contributed by atoms with Crippen LogP contribution in [-0.2, 0) is 6.54 Å². The number of hydrogen-bond donors (Lipinski definition) is 2. The Balaban J connectivity index is 1.58. The number of benzene rings is 1. The van der Waals surface area contributed by atoms with Crippen LogP contribution in [-0.4, -0.2) is 85.3 Å².